The maximum Gasteiger partial charge on any atom is 0.0472 e. The first-order valence-electron chi connectivity index (χ1n) is 5.14. The summed E-state index contributed by atoms with van der Waals surface area (Å²) in [7, 11) is 0. The Morgan fingerprint density at radius 2 is 1.00 bits per heavy atom. The van der Waals surface area contributed by atoms with Crippen LogP contribution in [0, 0.1) is 0 Å². The first-order chi connectivity index (χ1) is 7.10. The molecule has 0 aromatic carbocycles. The van der Waals surface area contributed by atoms with Gasteiger partial charge in [0.15, 0.2) is 0 Å². The average molecular weight is 315 g/mol. The lowest BCUT2D eigenvalue weighted by atomic mass is 10.1. The van der Waals surface area contributed by atoms with E-state index in [4.69, 9.17) is 58.0 Å². The Hall–Kier alpha value is 1.45. The second kappa shape index (κ2) is 10.6. The van der Waals surface area contributed by atoms with Gasteiger partial charge in [-0.05, 0) is 25.7 Å². The summed E-state index contributed by atoms with van der Waals surface area (Å²) in [6.07, 6.45) is 4.69. The van der Waals surface area contributed by atoms with Crippen molar-refractivity contribution < 1.29 is 0 Å². The van der Waals surface area contributed by atoms with E-state index in [1.807, 2.05) is 0 Å². The predicted octanol–water partition coefficient (Wildman–Crippen LogP) is 5.24. The summed E-state index contributed by atoms with van der Waals surface area (Å²) < 4.78 is 0. The Bertz CT molecular complexity index is 142. The molecule has 3 atom stereocenters. The Morgan fingerprint density at radius 3 is 1.53 bits per heavy atom. The first kappa shape index (κ1) is 16.4. The van der Waals surface area contributed by atoms with E-state index in [-0.39, 0.29) is 16.1 Å². The number of alkyl halides is 5. The van der Waals surface area contributed by atoms with Gasteiger partial charge in [-0.1, -0.05) is 6.42 Å². The topological polar surface area (TPSA) is 0 Å². The molecule has 15 heavy (non-hydrogen) atoms. The molecule has 0 aliphatic carbocycles. The lowest BCUT2D eigenvalue weighted by Gasteiger charge is -2.11. The molecular weight excluding hydrogens is 297 g/mol. The molecule has 0 amide bonds. The third-order valence-electron chi connectivity index (χ3n) is 2.16. The second-order valence-electron chi connectivity index (χ2n) is 3.61. The van der Waals surface area contributed by atoms with Crippen LogP contribution in [0.5, 0.6) is 0 Å². The molecule has 0 fully saturated rings. The van der Waals surface area contributed by atoms with E-state index < -0.39 is 0 Å². The maximum atomic E-state index is 6.13. The van der Waals surface area contributed by atoms with Gasteiger partial charge in [0.2, 0.25) is 0 Å². The van der Waals surface area contributed by atoms with Crippen LogP contribution in [0.25, 0.3) is 0 Å². The summed E-state index contributed by atoms with van der Waals surface area (Å²) in [5, 5.41) is 0.282. The monoisotopic (exact) mass is 312 g/mol. The van der Waals surface area contributed by atoms with Crippen molar-refractivity contribution >= 4 is 58.0 Å². The summed E-state index contributed by atoms with van der Waals surface area (Å²) in [5.74, 6) is 0.992. The Morgan fingerprint density at radius 1 is 0.600 bits per heavy atom. The van der Waals surface area contributed by atoms with Crippen molar-refractivity contribution in [2.45, 2.75) is 48.2 Å². The molecule has 0 radical (unpaired) electrons. The van der Waals surface area contributed by atoms with E-state index in [1.54, 1.807) is 0 Å². The molecule has 0 aromatic rings. The largest absolute Gasteiger partial charge is 0.125 e. The smallest absolute Gasteiger partial charge is 0.0472 e. The van der Waals surface area contributed by atoms with Crippen LogP contribution in [0.15, 0.2) is 0 Å². The van der Waals surface area contributed by atoms with Gasteiger partial charge in [-0.3, -0.25) is 0 Å². The average Bonchev–Trinajstić information content (AvgIpc) is 2.25. The molecule has 3 unspecified atom stereocenters. The van der Waals surface area contributed by atoms with Gasteiger partial charge in [-0.2, -0.15) is 0 Å². The zero-order valence-corrected chi connectivity index (χ0v) is 12.4. The number of halogens is 5. The van der Waals surface area contributed by atoms with E-state index in [0.29, 0.717) is 11.8 Å². The van der Waals surface area contributed by atoms with E-state index in [1.165, 1.54) is 0 Å². The van der Waals surface area contributed by atoms with Crippen LogP contribution in [0.3, 0.4) is 0 Å². The second-order valence-corrected chi connectivity index (χ2v) is 6.08. The fourth-order valence-electron chi connectivity index (χ4n) is 1.22. The molecule has 0 aliphatic heterocycles. The van der Waals surface area contributed by atoms with Crippen LogP contribution >= 0.6 is 58.0 Å². The van der Waals surface area contributed by atoms with Crippen molar-refractivity contribution in [1.29, 1.82) is 0 Å². The highest BCUT2D eigenvalue weighted by Crippen LogP contribution is 2.19. The summed E-state index contributed by atoms with van der Waals surface area (Å²) in [5.41, 5.74) is 0. The van der Waals surface area contributed by atoms with E-state index in [9.17, 15) is 0 Å². The summed E-state index contributed by atoms with van der Waals surface area (Å²) in [6.45, 7) is 0. The van der Waals surface area contributed by atoms with Gasteiger partial charge in [0.25, 0.3) is 0 Å². The molecule has 0 nitrogen and oxygen atoms in total. The van der Waals surface area contributed by atoms with Crippen molar-refractivity contribution in [3.05, 3.63) is 0 Å². The molecule has 0 saturated heterocycles. The molecule has 0 aromatic heterocycles. The number of rotatable bonds is 9. The molecule has 0 heterocycles. The van der Waals surface area contributed by atoms with Crippen molar-refractivity contribution in [3.8, 4) is 0 Å². The maximum absolute atomic E-state index is 6.13. The molecule has 0 bridgehead atoms. The molecule has 92 valence electrons. The van der Waals surface area contributed by atoms with Gasteiger partial charge in [0.05, 0.1) is 0 Å². The lowest BCUT2D eigenvalue weighted by molar-refractivity contribution is 0.597. The van der Waals surface area contributed by atoms with Crippen LogP contribution in [0.2, 0.25) is 0 Å². The van der Waals surface area contributed by atoms with Crippen molar-refractivity contribution in [2.75, 3.05) is 11.8 Å². The Labute approximate surface area is 118 Å². The minimum atomic E-state index is 0.0385. The van der Waals surface area contributed by atoms with Crippen molar-refractivity contribution in [3.63, 3.8) is 0 Å². The molecule has 0 aliphatic rings. The molecule has 0 N–H and O–H groups in total. The highest BCUT2D eigenvalue weighted by atomic mass is 35.5. The Kier molecular flexibility index (Phi) is 11.6. The fraction of sp³-hybridized carbons (Fsp3) is 1.00. The predicted molar refractivity (Wildman–Crippen MR) is 73.4 cm³/mol. The molecule has 5 heteroatoms. The first-order valence-corrected chi connectivity index (χ1v) is 7.52. The SMILES string of the molecule is ClCC(Cl)CCCC(Cl)CCC(Cl)CCl. The van der Waals surface area contributed by atoms with Crippen LogP contribution in [-0.4, -0.2) is 27.9 Å². The van der Waals surface area contributed by atoms with Crippen LogP contribution < -0.4 is 0 Å². The molecule has 0 rings (SSSR count). The van der Waals surface area contributed by atoms with Gasteiger partial charge in [0.1, 0.15) is 0 Å². The zero-order chi connectivity index (χ0) is 11.7. The van der Waals surface area contributed by atoms with Crippen LogP contribution in [0.1, 0.15) is 32.1 Å². The Balaban J connectivity index is 3.37. The fourth-order valence-corrected chi connectivity index (χ4v) is 2.09. The van der Waals surface area contributed by atoms with Crippen LogP contribution in [-0.2, 0) is 0 Å². The third kappa shape index (κ3) is 10.3. The third-order valence-corrected chi connectivity index (χ3v) is 4.41. The van der Waals surface area contributed by atoms with Gasteiger partial charge in [-0.25, -0.2) is 0 Å². The van der Waals surface area contributed by atoms with Gasteiger partial charge in [-0.15, -0.1) is 58.0 Å². The summed E-state index contributed by atoms with van der Waals surface area (Å²) in [6, 6.07) is 0. The zero-order valence-electron chi connectivity index (χ0n) is 8.57. The number of hydrogen-bond acceptors (Lipinski definition) is 0. The molecule has 0 spiro atoms. The minimum Gasteiger partial charge on any atom is -0.125 e. The quantitative estimate of drug-likeness (QED) is 0.511. The lowest BCUT2D eigenvalue weighted by Crippen LogP contribution is -2.07. The van der Waals surface area contributed by atoms with E-state index >= 15 is 0 Å². The highest BCUT2D eigenvalue weighted by Gasteiger charge is 2.10. The van der Waals surface area contributed by atoms with E-state index in [0.717, 1.165) is 32.1 Å². The van der Waals surface area contributed by atoms with Gasteiger partial charge >= 0.3 is 0 Å². The number of hydrogen-bond donors (Lipinski definition) is 0. The summed E-state index contributed by atoms with van der Waals surface area (Å²) in [4.78, 5) is 0. The normalized spacial score (nSPS) is 17.4. The van der Waals surface area contributed by atoms with Crippen LogP contribution in [0.4, 0.5) is 0 Å². The highest BCUT2D eigenvalue weighted by molar-refractivity contribution is 6.28. The van der Waals surface area contributed by atoms with E-state index in [2.05, 4.69) is 0 Å². The molecule has 0 saturated carbocycles. The van der Waals surface area contributed by atoms with Crippen molar-refractivity contribution in [2.24, 2.45) is 0 Å². The van der Waals surface area contributed by atoms with Crippen molar-refractivity contribution in [1.82, 2.24) is 0 Å². The minimum absolute atomic E-state index is 0.0385. The molecular formula is C10H17Cl5. The van der Waals surface area contributed by atoms with Gasteiger partial charge in [0, 0.05) is 27.9 Å². The van der Waals surface area contributed by atoms with Gasteiger partial charge < -0.3 is 0 Å². The summed E-state index contributed by atoms with van der Waals surface area (Å²) >= 11 is 29.1. The standard InChI is InChI=1S/C10H17Cl5/c11-6-9(14)3-1-2-8(13)4-5-10(15)7-12/h8-10H,1-7H2.